The molecule has 0 aliphatic carbocycles. The number of anilines is 1. The number of amides is 2. The molecule has 0 bridgehead atoms. The molecule has 0 fully saturated rings. The van der Waals surface area contributed by atoms with Crippen molar-refractivity contribution in [2.24, 2.45) is 0 Å². The van der Waals surface area contributed by atoms with Crippen molar-refractivity contribution >= 4 is 27.5 Å². The molecule has 42 heavy (non-hydrogen) atoms. The van der Waals surface area contributed by atoms with Crippen LogP contribution in [0, 0.1) is 13.8 Å². The number of carbonyl (C=O) groups excluding carboxylic acids is 2. The largest absolute Gasteiger partial charge is 0.494 e. The number of benzene rings is 3. The predicted octanol–water partition coefficient (Wildman–Crippen LogP) is 5.62. The summed E-state index contributed by atoms with van der Waals surface area (Å²) in [4.78, 5) is 29.0. The van der Waals surface area contributed by atoms with Gasteiger partial charge in [0.05, 0.1) is 17.2 Å². The summed E-state index contributed by atoms with van der Waals surface area (Å²) in [5.41, 5.74) is 3.21. The molecule has 9 heteroatoms. The molecule has 0 unspecified atom stereocenters. The summed E-state index contributed by atoms with van der Waals surface area (Å²) in [6.07, 6.45) is 2.14. The molecule has 0 heterocycles. The van der Waals surface area contributed by atoms with Crippen molar-refractivity contribution in [3.8, 4) is 5.75 Å². The molecule has 3 rings (SSSR count). The fourth-order valence-electron chi connectivity index (χ4n) is 4.67. The average molecular weight is 594 g/mol. The van der Waals surface area contributed by atoms with Gasteiger partial charge in [-0.25, -0.2) is 8.42 Å². The summed E-state index contributed by atoms with van der Waals surface area (Å²) in [6, 6.07) is 20.1. The third-order valence-corrected chi connectivity index (χ3v) is 8.76. The Morgan fingerprint density at radius 1 is 0.905 bits per heavy atom. The minimum absolute atomic E-state index is 0.0360. The van der Waals surface area contributed by atoms with Crippen LogP contribution in [0.25, 0.3) is 0 Å². The summed E-state index contributed by atoms with van der Waals surface area (Å²) in [7, 11) is -4.15. The van der Waals surface area contributed by atoms with Gasteiger partial charge in [-0.2, -0.15) is 0 Å². The zero-order valence-corrected chi connectivity index (χ0v) is 26.1. The van der Waals surface area contributed by atoms with Crippen molar-refractivity contribution in [3.05, 3.63) is 89.5 Å². The van der Waals surface area contributed by atoms with Crippen molar-refractivity contribution in [2.75, 3.05) is 24.0 Å². The smallest absolute Gasteiger partial charge is 0.264 e. The van der Waals surface area contributed by atoms with Crippen molar-refractivity contribution in [3.63, 3.8) is 0 Å². The fraction of sp³-hybridized carbons (Fsp3) is 0.394. The highest BCUT2D eigenvalue weighted by Gasteiger charge is 2.33. The first-order chi connectivity index (χ1) is 20.1. The number of aryl methyl sites for hydroxylation is 2. The van der Waals surface area contributed by atoms with E-state index in [0.717, 1.165) is 33.8 Å². The first-order valence-electron chi connectivity index (χ1n) is 14.6. The SMILES string of the molecule is CCCCNC(=O)[C@@H](CC)N(Cc1cccc(C)c1)C(=O)CN(c1ccc(C)cc1)S(=O)(=O)c1ccc(OCC)cc1. The topological polar surface area (TPSA) is 96.0 Å². The quantitative estimate of drug-likeness (QED) is 0.231. The van der Waals surface area contributed by atoms with Crippen LogP contribution in [0.3, 0.4) is 0 Å². The van der Waals surface area contributed by atoms with E-state index in [1.54, 1.807) is 36.4 Å². The van der Waals surface area contributed by atoms with Gasteiger partial charge in [0.15, 0.2) is 0 Å². The van der Waals surface area contributed by atoms with Crippen molar-refractivity contribution in [2.45, 2.75) is 71.4 Å². The molecule has 3 aromatic rings. The number of sulfonamides is 1. The van der Waals surface area contributed by atoms with E-state index >= 15 is 0 Å². The molecule has 3 aromatic carbocycles. The van der Waals surface area contributed by atoms with Gasteiger partial charge in [-0.05, 0) is 75.6 Å². The van der Waals surface area contributed by atoms with E-state index in [9.17, 15) is 18.0 Å². The van der Waals surface area contributed by atoms with Crippen LogP contribution in [0.15, 0.2) is 77.7 Å². The standard InChI is InChI=1S/C33H43N3O5S/c1-6-9-21-34-33(38)31(7-2)35(23-27-12-10-11-26(5)22-27)32(37)24-36(28-15-13-25(4)14-16-28)42(39,40)30-19-17-29(18-20-30)41-8-3/h10-20,22,31H,6-9,21,23-24H2,1-5H3,(H,34,38)/t31-/m1/s1. The van der Waals surface area contributed by atoms with E-state index < -0.39 is 28.5 Å². The maximum Gasteiger partial charge on any atom is 0.264 e. The van der Waals surface area contributed by atoms with Gasteiger partial charge < -0.3 is 15.0 Å². The van der Waals surface area contributed by atoms with Crippen molar-refractivity contribution in [1.29, 1.82) is 0 Å². The van der Waals surface area contributed by atoms with Gasteiger partial charge in [-0.3, -0.25) is 13.9 Å². The van der Waals surface area contributed by atoms with Gasteiger partial charge in [-0.1, -0.05) is 67.8 Å². The molecule has 1 atom stereocenters. The molecule has 8 nitrogen and oxygen atoms in total. The molecular weight excluding hydrogens is 550 g/mol. The fourth-order valence-corrected chi connectivity index (χ4v) is 6.09. The highest BCUT2D eigenvalue weighted by Crippen LogP contribution is 2.26. The van der Waals surface area contributed by atoms with E-state index in [-0.39, 0.29) is 17.3 Å². The Labute approximate surface area is 250 Å². The normalized spacial score (nSPS) is 11.9. The summed E-state index contributed by atoms with van der Waals surface area (Å²) in [6.45, 7) is 10.3. The van der Waals surface area contributed by atoms with E-state index in [1.807, 2.05) is 58.9 Å². The van der Waals surface area contributed by atoms with Crippen LogP contribution in [0.1, 0.15) is 56.7 Å². The Kier molecular flexibility index (Phi) is 12.0. The van der Waals surface area contributed by atoms with E-state index in [4.69, 9.17) is 4.74 Å². The van der Waals surface area contributed by atoms with E-state index in [2.05, 4.69) is 5.32 Å². The number of ether oxygens (including phenoxy) is 1. The molecule has 0 spiro atoms. The lowest BCUT2D eigenvalue weighted by Gasteiger charge is -2.33. The minimum Gasteiger partial charge on any atom is -0.494 e. The molecule has 0 saturated carbocycles. The zero-order chi connectivity index (χ0) is 30.7. The second-order valence-corrected chi connectivity index (χ2v) is 12.2. The third kappa shape index (κ3) is 8.58. The zero-order valence-electron chi connectivity index (χ0n) is 25.3. The number of nitrogens with zero attached hydrogens (tertiary/aromatic N) is 2. The van der Waals surface area contributed by atoms with Crippen molar-refractivity contribution < 1.29 is 22.7 Å². The molecule has 2 amide bonds. The van der Waals surface area contributed by atoms with E-state index in [1.165, 1.54) is 17.0 Å². The second-order valence-electron chi connectivity index (χ2n) is 10.3. The van der Waals surface area contributed by atoms with Crippen LogP contribution in [0.4, 0.5) is 5.69 Å². The van der Waals surface area contributed by atoms with Gasteiger partial charge in [0.2, 0.25) is 11.8 Å². The highest BCUT2D eigenvalue weighted by atomic mass is 32.2. The third-order valence-electron chi connectivity index (χ3n) is 6.97. The predicted molar refractivity (Wildman–Crippen MR) is 167 cm³/mol. The Morgan fingerprint density at radius 3 is 2.19 bits per heavy atom. The molecule has 0 saturated heterocycles. The first kappa shape index (κ1) is 32.7. The maximum absolute atomic E-state index is 14.2. The van der Waals surface area contributed by atoms with Crippen molar-refractivity contribution in [1.82, 2.24) is 10.2 Å². The second kappa shape index (κ2) is 15.4. The van der Waals surface area contributed by atoms with Gasteiger partial charge >= 0.3 is 0 Å². The van der Waals surface area contributed by atoms with Gasteiger partial charge in [0.1, 0.15) is 18.3 Å². The highest BCUT2D eigenvalue weighted by molar-refractivity contribution is 7.92. The molecule has 0 aliphatic heterocycles. The van der Waals surface area contributed by atoms with Crippen LogP contribution >= 0.6 is 0 Å². The van der Waals surface area contributed by atoms with Gasteiger partial charge in [0, 0.05) is 13.1 Å². The Morgan fingerprint density at radius 2 is 1.60 bits per heavy atom. The Bertz CT molecular complexity index is 1420. The van der Waals surface area contributed by atoms with Crippen LogP contribution in [0.2, 0.25) is 0 Å². The number of hydrogen-bond donors (Lipinski definition) is 1. The molecule has 1 N–H and O–H groups in total. The molecule has 226 valence electrons. The summed E-state index contributed by atoms with van der Waals surface area (Å²) >= 11 is 0. The van der Waals surface area contributed by atoms with Gasteiger partial charge in [0.25, 0.3) is 10.0 Å². The van der Waals surface area contributed by atoms with Crippen LogP contribution in [-0.2, 0) is 26.2 Å². The first-order valence-corrected chi connectivity index (χ1v) is 16.0. The summed E-state index contributed by atoms with van der Waals surface area (Å²) in [5.74, 6) is -0.161. The van der Waals surface area contributed by atoms with Crippen LogP contribution < -0.4 is 14.4 Å². The Hall–Kier alpha value is -3.85. The molecule has 0 radical (unpaired) electrons. The lowest BCUT2D eigenvalue weighted by atomic mass is 10.1. The Balaban J connectivity index is 2.02. The maximum atomic E-state index is 14.2. The van der Waals surface area contributed by atoms with Gasteiger partial charge in [-0.15, -0.1) is 0 Å². The van der Waals surface area contributed by atoms with E-state index in [0.29, 0.717) is 31.0 Å². The minimum atomic E-state index is -4.15. The monoisotopic (exact) mass is 593 g/mol. The molecule has 0 aromatic heterocycles. The lowest BCUT2D eigenvalue weighted by molar-refractivity contribution is -0.140. The lowest BCUT2D eigenvalue weighted by Crippen LogP contribution is -2.52. The van der Waals surface area contributed by atoms with Crippen LogP contribution in [-0.4, -0.2) is 50.9 Å². The molecule has 0 aliphatic rings. The average Bonchev–Trinajstić information content (AvgIpc) is 2.97. The number of unbranched alkanes of at least 4 members (excludes halogenated alkanes) is 1. The number of nitrogens with one attached hydrogen (secondary N) is 1. The van der Waals surface area contributed by atoms with Crippen LogP contribution in [0.5, 0.6) is 5.75 Å². The molecular formula is C33H43N3O5S. The number of hydrogen-bond acceptors (Lipinski definition) is 5. The summed E-state index contributed by atoms with van der Waals surface area (Å²) < 4.78 is 34.7. The summed E-state index contributed by atoms with van der Waals surface area (Å²) in [5, 5.41) is 2.95. The number of carbonyl (C=O) groups is 2. The number of rotatable bonds is 15.